The number of thiazole rings is 1. The van der Waals surface area contributed by atoms with E-state index in [0.717, 1.165) is 88.8 Å². The first kappa shape index (κ1) is 33.4. The van der Waals surface area contributed by atoms with Gasteiger partial charge in [-0.25, -0.2) is 9.97 Å². The number of anilines is 4. The number of ether oxygens (including phenoxy) is 1. The van der Waals surface area contributed by atoms with Gasteiger partial charge in [-0.05, 0) is 113 Å². The molecular weight excluding hydrogens is 671 g/mol. The lowest BCUT2D eigenvalue weighted by molar-refractivity contribution is -0.246. The molecule has 4 aromatic heterocycles. The average molecular weight is 718 g/mol. The molecule has 5 aromatic rings. The quantitative estimate of drug-likeness (QED) is 0.155. The van der Waals surface area contributed by atoms with Crippen LogP contribution in [0.1, 0.15) is 93.0 Å². The third kappa shape index (κ3) is 5.48. The highest BCUT2D eigenvalue weighted by Crippen LogP contribution is 2.72. The van der Waals surface area contributed by atoms with Crippen molar-refractivity contribution < 1.29 is 9.53 Å². The summed E-state index contributed by atoms with van der Waals surface area (Å²) in [5.41, 5.74) is 12.6. The summed E-state index contributed by atoms with van der Waals surface area (Å²) in [6.07, 6.45) is 10.7. The van der Waals surface area contributed by atoms with Gasteiger partial charge in [0, 0.05) is 47.6 Å². The maximum atomic E-state index is 13.1. The Hall–Kier alpha value is -4.42. The molecule has 4 saturated carbocycles. The number of hydrogen-bond acceptors (Lipinski definition) is 10. The number of amides is 1. The van der Waals surface area contributed by atoms with E-state index < -0.39 is 5.91 Å². The Labute approximate surface area is 308 Å². The second-order valence-electron chi connectivity index (χ2n) is 16.9. The van der Waals surface area contributed by atoms with Crippen molar-refractivity contribution in [2.75, 3.05) is 23.4 Å². The normalized spacial score (nSPS) is 27.7. The number of aromatic nitrogens is 6. The topological polar surface area (TPSA) is 137 Å². The molecule has 2 atom stereocenters. The molecule has 1 aromatic carbocycles. The van der Waals surface area contributed by atoms with Crippen LogP contribution in [0.4, 0.5) is 22.6 Å². The third-order valence-electron chi connectivity index (χ3n) is 12.3. The van der Waals surface area contributed by atoms with Crippen LogP contribution in [0, 0.1) is 30.1 Å². The summed E-state index contributed by atoms with van der Waals surface area (Å²) in [5, 5.41) is 18.4. The highest BCUT2D eigenvalue weighted by molar-refractivity contribution is 7.22. The third-order valence-corrected chi connectivity index (χ3v) is 13.2. The molecule has 5 aliphatic rings. The molecule has 4 aliphatic carbocycles. The number of para-hydroxylation sites is 1. The van der Waals surface area contributed by atoms with Crippen LogP contribution in [-0.2, 0) is 17.7 Å². The van der Waals surface area contributed by atoms with Crippen LogP contribution in [-0.4, -0.2) is 54.6 Å². The number of rotatable bonds is 9. The number of nitrogens with one attached hydrogen (secondary N) is 1. The monoisotopic (exact) mass is 717 g/mol. The van der Waals surface area contributed by atoms with Gasteiger partial charge in [0.05, 0.1) is 22.0 Å². The van der Waals surface area contributed by atoms with Crippen molar-refractivity contribution in [1.29, 1.82) is 0 Å². The smallest absolute Gasteiger partial charge is 0.268 e. The lowest BCUT2D eigenvalue weighted by Crippen LogP contribution is -2.64. The molecular formula is C40H47N9O2S. The number of hydrogen-bond donors (Lipinski definition) is 2. The van der Waals surface area contributed by atoms with Gasteiger partial charge >= 0.3 is 0 Å². The number of pyridine rings is 1. The number of carbonyl (C=O) groups is 1. The molecule has 3 N–H and O–H groups in total. The summed E-state index contributed by atoms with van der Waals surface area (Å²) in [5.74, 6) is 1.50. The molecule has 0 radical (unpaired) electrons. The van der Waals surface area contributed by atoms with Crippen molar-refractivity contribution in [3.8, 4) is 11.1 Å². The van der Waals surface area contributed by atoms with E-state index >= 15 is 0 Å². The highest BCUT2D eigenvalue weighted by atomic mass is 32.1. The Morgan fingerprint density at radius 2 is 1.77 bits per heavy atom. The molecule has 4 bridgehead atoms. The first-order chi connectivity index (χ1) is 24.9. The van der Waals surface area contributed by atoms with Crippen molar-refractivity contribution >= 4 is 50.0 Å². The van der Waals surface area contributed by atoms with Crippen molar-refractivity contribution in [1.82, 2.24) is 29.9 Å². The predicted molar refractivity (Wildman–Crippen MR) is 204 cm³/mol. The molecule has 5 heterocycles. The minimum atomic E-state index is -0.570. The average Bonchev–Trinajstić information content (AvgIpc) is 3.65. The summed E-state index contributed by atoms with van der Waals surface area (Å²) < 4.78 is 9.88. The SMILES string of the molecule is CCOC12CC3(C)CC(C)(CC(Cn4ncc(-c5ccc(N6CCCc7c6nnc(Nc6nc8ccccc8s6)c7C)nc5C(N)=O)c4C)(C3)C1)C2. The van der Waals surface area contributed by atoms with Gasteiger partial charge in [0.25, 0.3) is 5.91 Å². The van der Waals surface area contributed by atoms with Crippen LogP contribution in [0.25, 0.3) is 21.3 Å². The number of nitrogens with two attached hydrogens (primary N) is 1. The Morgan fingerprint density at radius 3 is 2.52 bits per heavy atom. The Morgan fingerprint density at radius 1 is 0.981 bits per heavy atom. The zero-order valence-electron chi connectivity index (χ0n) is 30.8. The van der Waals surface area contributed by atoms with Crippen molar-refractivity contribution in [3.05, 3.63) is 65.1 Å². The van der Waals surface area contributed by atoms with E-state index in [2.05, 4.69) is 65.8 Å². The molecule has 1 amide bonds. The minimum absolute atomic E-state index is 0.0414. The van der Waals surface area contributed by atoms with Gasteiger partial charge in [-0.2, -0.15) is 5.10 Å². The molecule has 2 unspecified atom stereocenters. The van der Waals surface area contributed by atoms with E-state index in [-0.39, 0.29) is 27.5 Å². The Bertz CT molecular complexity index is 2190. The number of primary amides is 1. The molecule has 1 aliphatic heterocycles. The molecule has 0 saturated heterocycles. The standard InChI is InChI=1S/C40H47N9O2S/c1-6-51-40-20-37(4)17-38(5,21-40)19-39(18-37,22-40)23-49-25(3)28(16-42-49)27-13-14-31(44-32(27)33(41)50)48-15-9-10-26-24(2)34(46-47-35(26)48)45-36-43-29-11-7-8-12-30(29)52-36/h7-8,11-14,16H,6,9-10,15,17-23H2,1-5H3,(H2,41,50)(H,43,45,46). The molecule has 12 heteroatoms. The highest BCUT2D eigenvalue weighted by Gasteiger charge is 2.66. The largest absolute Gasteiger partial charge is 0.375 e. The summed E-state index contributed by atoms with van der Waals surface area (Å²) in [7, 11) is 0. The zero-order valence-corrected chi connectivity index (χ0v) is 31.6. The van der Waals surface area contributed by atoms with Crippen molar-refractivity contribution in [2.24, 2.45) is 22.0 Å². The first-order valence-electron chi connectivity index (χ1n) is 18.6. The molecule has 10 rings (SSSR count). The van der Waals surface area contributed by atoms with Gasteiger partial charge in [0.2, 0.25) is 0 Å². The maximum absolute atomic E-state index is 13.1. The van der Waals surface area contributed by atoms with Gasteiger partial charge in [-0.1, -0.05) is 37.3 Å². The van der Waals surface area contributed by atoms with Crippen LogP contribution >= 0.6 is 11.3 Å². The Balaban J connectivity index is 1.00. The van der Waals surface area contributed by atoms with Gasteiger partial charge in [0.15, 0.2) is 16.8 Å². The number of benzene rings is 1. The second-order valence-corrected chi connectivity index (χ2v) is 17.9. The van der Waals surface area contributed by atoms with Crippen LogP contribution in [0.2, 0.25) is 0 Å². The first-order valence-corrected chi connectivity index (χ1v) is 19.4. The number of fused-ring (bicyclic) bond motifs is 2. The van der Waals surface area contributed by atoms with E-state index in [1.165, 1.54) is 19.3 Å². The number of carbonyl (C=O) groups excluding carboxylic acids is 1. The fourth-order valence-electron chi connectivity index (χ4n) is 11.6. The molecule has 0 spiro atoms. The van der Waals surface area contributed by atoms with Crippen LogP contribution in [0.3, 0.4) is 0 Å². The van der Waals surface area contributed by atoms with E-state index in [9.17, 15) is 4.79 Å². The summed E-state index contributed by atoms with van der Waals surface area (Å²) >= 11 is 1.59. The minimum Gasteiger partial charge on any atom is -0.375 e. The maximum Gasteiger partial charge on any atom is 0.268 e. The Kier molecular flexibility index (Phi) is 7.58. The molecule has 4 fully saturated rings. The summed E-state index contributed by atoms with van der Waals surface area (Å²) in [6, 6.07) is 12.0. The lowest BCUT2D eigenvalue weighted by Gasteiger charge is -2.69. The van der Waals surface area contributed by atoms with Gasteiger partial charge in [0.1, 0.15) is 11.5 Å². The van der Waals surface area contributed by atoms with E-state index in [1.54, 1.807) is 11.3 Å². The van der Waals surface area contributed by atoms with Crippen LogP contribution in [0.5, 0.6) is 0 Å². The second kappa shape index (κ2) is 11.8. The fourth-order valence-corrected chi connectivity index (χ4v) is 12.5. The van der Waals surface area contributed by atoms with E-state index in [4.69, 9.17) is 25.5 Å². The molecule has 52 heavy (non-hydrogen) atoms. The predicted octanol–water partition coefficient (Wildman–Crippen LogP) is 8.04. The molecule has 11 nitrogen and oxygen atoms in total. The fraction of sp³-hybridized carbons (Fsp3) is 0.500. The van der Waals surface area contributed by atoms with E-state index in [1.807, 2.05) is 36.5 Å². The van der Waals surface area contributed by atoms with Crippen LogP contribution < -0.4 is 16.0 Å². The van der Waals surface area contributed by atoms with E-state index in [0.29, 0.717) is 23.7 Å². The van der Waals surface area contributed by atoms with Crippen LogP contribution in [0.15, 0.2) is 42.6 Å². The van der Waals surface area contributed by atoms with Gasteiger partial charge in [-0.3, -0.25) is 9.48 Å². The van der Waals surface area contributed by atoms with Crippen molar-refractivity contribution in [3.63, 3.8) is 0 Å². The summed E-state index contributed by atoms with van der Waals surface area (Å²) in [4.78, 5) is 24.7. The lowest BCUT2D eigenvalue weighted by atomic mass is 9.39. The molecule has 270 valence electrons. The van der Waals surface area contributed by atoms with Gasteiger partial charge in [-0.15, -0.1) is 10.2 Å². The number of nitrogens with zero attached hydrogens (tertiary/aromatic N) is 7. The summed E-state index contributed by atoms with van der Waals surface area (Å²) in [6.45, 7) is 13.6. The van der Waals surface area contributed by atoms with Gasteiger partial charge < -0.3 is 20.7 Å². The van der Waals surface area contributed by atoms with Crippen molar-refractivity contribution in [2.45, 2.75) is 98.1 Å². The zero-order chi connectivity index (χ0) is 36.0.